The summed E-state index contributed by atoms with van der Waals surface area (Å²) in [6, 6.07) is 6.18. The maximum Gasteiger partial charge on any atom is 0.300 e. The zero-order valence-electron chi connectivity index (χ0n) is 17.5. The van der Waals surface area contributed by atoms with Crippen LogP contribution in [0.1, 0.15) is 16.8 Å². The number of carbonyl (C=O) groups is 1. The van der Waals surface area contributed by atoms with E-state index in [0.717, 1.165) is 23.9 Å². The van der Waals surface area contributed by atoms with Gasteiger partial charge in [0.25, 0.3) is 27.4 Å². The highest BCUT2D eigenvalue weighted by Gasteiger charge is 2.25. The highest BCUT2D eigenvalue weighted by Crippen LogP contribution is 2.34. The Bertz CT molecular complexity index is 1220. The number of amides is 1. The van der Waals surface area contributed by atoms with E-state index in [1.165, 1.54) is 27.8 Å². The summed E-state index contributed by atoms with van der Waals surface area (Å²) in [6.07, 6.45) is -0.798. The standard InChI is InChI=1S/C19H17F3IN7O3S/c1-28-19(25-26-27-28)34-16-3-2-11(30(33)23-32)6-13(16)18(31)24-17-14(21)7-12(8-15(17)22)29-5-4-10(20)9-29/h2-3,6-8,10,33H,4-5,9H2,1H3,(H,24,31)/t10-/m0/s1. The molecule has 0 unspecified atom stereocenters. The number of nitrogens with one attached hydrogen (secondary N) is 1. The van der Waals surface area contributed by atoms with Gasteiger partial charge in [-0.15, -0.1) is 5.10 Å². The summed E-state index contributed by atoms with van der Waals surface area (Å²) in [4.78, 5) is 14.9. The van der Waals surface area contributed by atoms with Crippen LogP contribution < -0.4 is 13.5 Å². The number of alkyl halides is 1. The average molecular weight is 607 g/mol. The minimum atomic E-state index is -1.98. The Kier molecular flexibility index (Phi) is 7.32. The molecule has 3 aromatic rings. The first-order chi connectivity index (χ1) is 16.3. The number of aryl methyl sites for hydroxylation is 1. The molecule has 1 amide bonds. The van der Waals surface area contributed by atoms with E-state index in [2.05, 4.69) is 20.8 Å². The summed E-state index contributed by atoms with van der Waals surface area (Å²) in [5.74, 6) is -2.93. The second kappa shape index (κ2) is 10.2. The van der Waals surface area contributed by atoms with Gasteiger partial charge in [0.05, 0.1) is 11.3 Å². The van der Waals surface area contributed by atoms with E-state index in [-0.39, 0.29) is 29.9 Å². The number of hydrogen-bond donors (Lipinski definition) is 2. The molecular formula is C19H17F3IN7O3S. The minimum Gasteiger partial charge on any atom is -0.368 e. The Labute approximate surface area is 206 Å². The summed E-state index contributed by atoms with van der Waals surface area (Å²) in [7, 11) is 1.59. The van der Waals surface area contributed by atoms with Gasteiger partial charge >= 0.3 is 0 Å². The lowest BCUT2D eigenvalue weighted by atomic mass is 10.1. The first kappa shape index (κ1) is 24.3. The van der Waals surface area contributed by atoms with E-state index >= 15 is 0 Å². The number of anilines is 3. The first-order valence-electron chi connectivity index (χ1n) is 9.77. The Morgan fingerprint density at radius 1 is 1.29 bits per heavy atom. The van der Waals surface area contributed by atoms with Crippen LogP contribution in [0.4, 0.5) is 30.2 Å². The normalized spacial score (nSPS) is 15.6. The molecule has 0 saturated carbocycles. The predicted octanol–water partition coefficient (Wildman–Crippen LogP) is 3.87. The number of carbonyl (C=O) groups excluding carboxylic acids is 1. The lowest BCUT2D eigenvalue weighted by molar-refractivity contribution is 0.102. The molecule has 1 atom stereocenters. The molecule has 10 nitrogen and oxygen atoms in total. The summed E-state index contributed by atoms with van der Waals surface area (Å²) >= 11 is -0.973. The van der Waals surface area contributed by atoms with Crippen molar-refractivity contribution in [3.8, 4) is 0 Å². The van der Waals surface area contributed by atoms with Crippen molar-refractivity contribution in [2.45, 2.75) is 22.6 Å². The molecule has 2 N–H and O–H groups in total. The van der Waals surface area contributed by atoms with Crippen LogP contribution in [-0.2, 0) is 10.1 Å². The molecule has 1 aliphatic rings. The summed E-state index contributed by atoms with van der Waals surface area (Å²) in [6.45, 7) is 0.366. The Morgan fingerprint density at radius 2 is 2.03 bits per heavy atom. The largest absolute Gasteiger partial charge is 0.368 e. The number of hydrogen-bond acceptors (Lipinski definition) is 8. The quantitative estimate of drug-likeness (QED) is 0.235. The molecular weight excluding hydrogens is 590 g/mol. The van der Waals surface area contributed by atoms with Crippen molar-refractivity contribution in [1.29, 1.82) is 0 Å². The highest BCUT2D eigenvalue weighted by atomic mass is 127. The van der Waals surface area contributed by atoms with Crippen molar-refractivity contribution in [1.82, 2.24) is 20.2 Å². The fourth-order valence-corrected chi connectivity index (χ4v) is 4.71. The average Bonchev–Trinajstić information content (AvgIpc) is 3.43. The van der Waals surface area contributed by atoms with Crippen LogP contribution in [0.25, 0.3) is 0 Å². The molecule has 1 aliphatic heterocycles. The van der Waals surface area contributed by atoms with Gasteiger partial charge in [-0.05, 0) is 58.9 Å². The number of aromatic nitrogens is 4. The number of halogens is 4. The smallest absolute Gasteiger partial charge is 0.300 e. The lowest BCUT2D eigenvalue weighted by Gasteiger charge is -2.19. The van der Waals surface area contributed by atoms with E-state index in [4.69, 9.17) is 0 Å². The lowest BCUT2D eigenvalue weighted by Crippen LogP contribution is -2.21. The fraction of sp³-hybridized carbons (Fsp3) is 0.263. The molecule has 0 aliphatic carbocycles. The maximum atomic E-state index is 14.8. The van der Waals surface area contributed by atoms with Crippen LogP contribution in [0.3, 0.4) is 0 Å². The first-order valence-corrected chi connectivity index (χ1v) is 12.4. The third kappa shape index (κ3) is 5.15. The third-order valence-corrected chi connectivity index (χ3v) is 7.06. The van der Waals surface area contributed by atoms with Gasteiger partial charge in [-0.3, -0.25) is 10.0 Å². The van der Waals surface area contributed by atoms with Crippen molar-refractivity contribution < 1.29 is 26.2 Å². The van der Waals surface area contributed by atoms with Gasteiger partial charge in [-0.25, -0.2) is 20.9 Å². The minimum absolute atomic E-state index is 0.0366. The Morgan fingerprint density at radius 3 is 2.62 bits per heavy atom. The van der Waals surface area contributed by atoms with Crippen molar-refractivity contribution in [2.75, 3.05) is 26.6 Å². The van der Waals surface area contributed by atoms with Crippen LogP contribution in [0, 0.1) is 11.6 Å². The van der Waals surface area contributed by atoms with Gasteiger partial charge in [0.1, 0.15) is 11.9 Å². The molecule has 0 radical (unpaired) electrons. The maximum absolute atomic E-state index is 14.8. The van der Waals surface area contributed by atoms with Gasteiger partial charge < -0.3 is 10.2 Å². The van der Waals surface area contributed by atoms with E-state index in [9.17, 15) is 26.2 Å². The molecule has 34 heavy (non-hydrogen) atoms. The molecule has 1 aromatic heterocycles. The molecule has 2 heterocycles. The zero-order valence-corrected chi connectivity index (χ0v) is 20.4. The van der Waals surface area contributed by atoms with Crippen LogP contribution in [0.15, 0.2) is 40.4 Å². The molecule has 0 spiro atoms. The monoisotopic (exact) mass is 607 g/mol. The topological polar surface area (TPSA) is 116 Å². The van der Waals surface area contributed by atoms with Crippen LogP contribution in [0.5, 0.6) is 0 Å². The SMILES string of the molecule is Cn1nnnc1Sc1ccc(N(O)I=O)cc1C(=O)Nc1c(F)cc(N2CC[C@H](F)C2)cc1F. The number of benzene rings is 2. The van der Waals surface area contributed by atoms with E-state index < -0.39 is 50.9 Å². The second-order valence-electron chi connectivity index (χ2n) is 7.27. The van der Waals surface area contributed by atoms with Gasteiger partial charge in [0, 0.05) is 30.7 Å². The van der Waals surface area contributed by atoms with Crippen molar-refractivity contribution in [3.63, 3.8) is 0 Å². The second-order valence-corrected chi connectivity index (χ2v) is 9.58. The Hall–Kier alpha value is -2.79. The summed E-state index contributed by atoms with van der Waals surface area (Å²) < 4.78 is 56.0. The molecule has 15 heteroatoms. The van der Waals surface area contributed by atoms with E-state index in [1.807, 2.05) is 0 Å². The number of tetrazole rings is 1. The van der Waals surface area contributed by atoms with Gasteiger partial charge in [0.2, 0.25) is 5.16 Å². The summed E-state index contributed by atoms with van der Waals surface area (Å²) in [5, 5.41) is 23.4. The van der Waals surface area contributed by atoms with Crippen LogP contribution >= 0.6 is 33.2 Å². The number of nitrogens with zero attached hydrogens (tertiary/aromatic N) is 6. The van der Waals surface area contributed by atoms with E-state index in [1.54, 1.807) is 7.05 Å². The molecule has 4 rings (SSSR count). The number of rotatable bonds is 7. The van der Waals surface area contributed by atoms with Crippen molar-refractivity contribution >= 4 is 56.2 Å². The van der Waals surface area contributed by atoms with Gasteiger partial charge in [-0.1, -0.05) is 0 Å². The fourth-order valence-electron chi connectivity index (χ4n) is 3.34. The molecule has 1 saturated heterocycles. The van der Waals surface area contributed by atoms with Gasteiger partial charge in [0.15, 0.2) is 11.6 Å². The van der Waals surface area contributed by atoms with Crippen LogP contribution in [0.2, 0.25) is 0 Å². The van der Waals surface area contributed by atoms with Crippen molar-refractivity contribution in [3.05, 3.63) is 47.5 Å². The molecule has 2 aromatic carbocycles. The third-order valence-electron chi connectivity index (χ3n) is 5.03. The van der Waals surface area contributed by atoms with Crippen molar-refractivity contribution in [2.24, 2.45) is 7.05 Å². The molecule has 1 fully saturated rings. The summed E-state index contributed by atoms with van der Waals surface area (Å²) in [5.41, 5.74) is -0.510. The predicted molar refractivity (Wildman–Crippen MR) is 124 cm³/mol. The van der Waals surface area contributed by atoms with Gasteiger partial charge in [-0.2, -0.15) is 3.28 Å². The van der Waals surface area contributed by atoms with Crippen LogP contribution in [-0.4, -0.2) is 50.6 Å². The van der Waals surface area contributed by atoms with E-state index in [0.29, 0.717) is 19.9 Å². The zero-order chi connectivity index (χ0) is 24.4. The molecule has 180 valence electrons. The molecule has 0 bridgehead atoms. The highest BCUT2D eigenvalue weighted by molar-refractivity contribution is 14.1. The Balaban J connectivity index is 1.65.